The Balaban J connectivity index is 2.01. The van der Waals surface area contributed by atoms with E-state index in [1.165, 1.54) is 10.5 Å². The molecule has 0 saturated heterocycles. The summed E-state index contributed by atoms with van der Waals surface area (Å²) in [5, 5.41) is 22.0. The van der Waals surface area contributed by atoms with Gasteiger partial charge in [-0.3, -0.25) is 10.1 Å². The monoisotopic (exact) mass is 375 g/mol. The number of hydrogen-bond acceptors (Lipinski definition) is 4. The van der Waals surface area contributed by atoms with Crippen molar-refractivity contribution in [2.75, 3.05) is 5.75 Å². The van der Waals surface area contributed by atoms with Crippen LogP contribution in [-0.2, 0) is 0 Å². The van der Waals surface area contributed by atoms with E-state index in [1.54, 1.807) is 17.8 Å². The standard InChI is InChI=1S/C21H29NO3S/c1-16(2)13-19(23)14-17(3)21(22(24)25)11-9-18(10-12-21)15-26-20-7-5-4-6-8-20/h4-9,13,17,19,23H,10-12,14-15H2,1-3H3/t17-,19-,21+/m1/s1. The van der Waals surface area contributed by atoms with Crippen LogP contribution in [0.2, 0.25) is 0 Å². The van der Waals surface area contributed by atoms with Crippen LogP contribution in [0.4, 0.5) is 0 Å². The second kappa shape index (κ2) is 9.38. The van der Waals surface area contributed by atoms with E-state index in [-0.39, 0.29) is 10.8 Å². The molecule has 0 fully saturated rings. The van der Waals surface area contributed by atoms with Crippen LogP contribution >= 0.6 is 11.8 Å². The second-order valence-electron chi connectivity index (χ2n) is 7.48. The van der Waals surface area contributed by atoms with E-state index in [9.17, 15) is 15.2 Å². The van der Waals surface area contributed by atoms with Crippen molar-refractivity contribution in [2.45, 2.75) is 63.0 Å². The molecular weight excluding hydrogens is 346 g/mol. The van der Waals surface area contributed by atoms with E-state index in [2.05, 4.69) is 18.2 Å². The minimum atomic E-state index is -0.961. The van der Waals surface area contributed by atoms with Gasteiger partial charge in [-0.15, -0.1) is 11.8 Å². The lowest BCUT2D eigenvalue weighted by Crippen LogP contribution is -2.46. The fourth-order valence-electron chi connectivity index (χ4n) is 3.55. The summed E-state index contributed by atoms with van der Waals surface area (Å²) in [6.45, 7) is 5.76. The number of nitro groups is 1. The first-order valence-corrected chi connectivity index (χ1v) is 10.2. The van der Waals surface area contributed by atoms with Gasteiger partial charge < -0.3 is 5.11 Å². The Bertz CT molecular complexity index is 667. The van der Waals surface area contributed by atoms with Gasteiger partial charge >= 0.3 is 0 Å². The third-order valence-corrected chi connectivity index (χ3v) is 6.31. The normalized spacial score (nSPS) is 22.2. The van der Waals surface area contributed by atoms with Gasteiger partial charge in [-0.25, -0.2) is 0 Å². The Kier molecular flexibility index (Phi) is 7.47. The summed E-state index contributed by atoms with van der Waals surface area (Å²) in [6, 6.07) is 10.2. The molecule has 4 nitrogen and oxygen atoms in total. The number of aliphatic hydroxyl groups is 1. The number of thioether (sulfide) groups is 1. The van der Waals surface area contributed by atoms with E-state index < -0.39 is 11.6 Å². The zero-order valence-electron chi connectivity index (χ0n) is 15.9. The van der Waals surface area contributed by atoms with E-state index in [0.717, 1.165) is 17.7 Å². The third-order valence-electron chi connectivity index (χ3n) is 5.19. The first kappa shape index (κ1) is 20.7. The maximum Gasteiger partial charge on any atom is 0.228 e. The smallest absolute Gasteiger partial charge is 0.228 e. The Morgan fingerprint density at radius 3 is 2.62 bits per heavy atom. The van der Waals surface area contributed by atoms with Gasteiger partial charge in [-0.05, 0) is 38.8 Å². The third kappa shape index (κ3) is 5.45. The Labute approximate surface area is 160 Å². The summed E-state index contributed by atoms with van der Waals surface area (Å²) in [7, 11) is 0. The molecule has 1 aliphatic carbocycles. The van der Waals surface area contributed by atoms with Gasteiger partial charge in [0, 0.05) is 34.3 Å². The Morgan fingerprint density at radius 2 is 2.08 bits per heavy atom. The van der Waals surface area contributed by atoms with Crippen LogP contribution in [0.25, 0.3) is 0 Å². The zero-order valence-corrected chi connectivity index (χ0v) is 16.7. The fraction of sp³-hybridized carbons (Fsp3) is 0.524. The van der Waals surface area contributed by atoms with Gasteiger partial charge in [0.15, 0.2) is 0 Å². The predicted molar refractivity (Wildman–Crippen MR) is 108 cm³/mol. The van der Waals surface area contributed by atoms with Crippen LogP contribution < -0.4 is 0 Å². The van der Waals surface area contributed by atoms with E-state index in [0.29, 0.717) is 19.3 Å². The van der Waals surface area contributed by atoms with Crippen LogP contribution in [-0.4, -0.2) is 27.4 Å². The van der Waals surface area contributed by atoms with Crippen LogP contribution in [0, 0.1) is 16.0 Å². The number of benzene rings is 1. The van der Waals surface area contributed by atoms with Gasteiger partial charge in [0.05, 0.1) is 6.10 Å². The molecular formula is C21H29NO3S. The van der Waals surface area contributed by atoms with Crippen LogP contribution in [0.1, 0.15) is 46.5 Å². The zero-order chi connectivity index (χ0) is 19.2. The van der Waals surface area contributed by atoms with Gasteiger partial charge in [0.1, 0.15) is 0 Å². The summed E-state index contributed by atoms with van der Waals surface area (Å²) in [5.74, 6) is 0.703. The molecule has 2 rings (SSSR count). The molecule has 142 valence electrons. The molecule has 0 aliphatic heterocycles. The summed E-state index contributed by atoms with van der Waals surface area (Å²) in [5.41, 5.74) is 1.36. The van der Waals surface area contributed by atoms with Crippen LogP contribution in [0.3, 0.4) is 0 Å². The Hall–Kier alpha value is -1.59. The SMILES string of the molecule is CC(C)=C[C@@H](O)C[C@@H](C)[C@]1([N+](=O)[O-])CC=C(CSc2ccccc2)CC1. The lowest BCUT2D eigenvalue weighted by molar-refractivity contribution is -0.582. The summed E-state index contributed by atoms with van der Waals surface area (Å²) < 4.78 is 0. The van der Waals surface area contributed by atoms with Crippen molar-refractivity contribution in [2.24, 2.45) is 5.92 Å². The fourth-order valence-corrected chi connectivity index (χ4v) is 4.52. The Morgan fingerprint density at radius 1 is 1.38 bits per heavy atom. The first-order chi connectivity index (χ1) is 12.3. The highest BCUT2D eigenvalue weighted by Gasteiger charge is 2.48. The number of nitrogens with zero attached hydrogens (tertiary/aromatic N) is 1. The van der Waals surface area contributed by atoms with Crippen molar-refractivity contribution in [1.29, 1.82) is 0 Å². The summed E-state index contributed by atoms with van der Waals surface area (Å²) in [4.78, 5) is 13.0. The van der Waals surface area contributed by atoms with E-state index in [4.69, 9.17) is 0 Å². The van der Waals surface area contributed by atoms with Crippen LogP contribution in [0.15, 0.2) is 58.5 Å². The number of hydrogen-bond donors (Lipinski definition) is 1. The van der Waals surface area contributed by atoms with E-state index in [1.807, 2.05) is 39.0 Å². The first-order valence-electron chi connectivity index (χ1n) is 9.17. The lowest BCUT2D eigenvalue weighted by Gasteiger charge is -2.34. The molecule has 0 spiro atoms. The highest BCUT2D eigenvalue weighted by Crippen LogP contribution is 2.39. The van der Waals surface area contributed by atoms with Crippen molar-refractivity contribution < 1.29 is 10.0 Å². The molecule has 0 radical (unpaired) electrons. The van der Waals surface area contributed by atoms with Crippen molar-refractivity contribution >= 4 is 11.8 Å². The average Bonchev–Trinajstić information content (AvgIpc) is 2.60. The molecule has 0 bridgehead atoms. The molecule has 3 atom stereocenters. The molecule has 1 N–H and O–H groups in total. The molecule has 1 aliphatic rings. The van der Waals surface area contributed by atoms with Crippen molar-refractivity contribution in [3.05, 3.63) is 63.7 Å². The maximum absolute atomic E-state index is 11.9. The quantitative estimate of drug-likeness (QED) is 0.291. The van der Waals surface area contributed by atoms with Crippen LogP contribution in [0.5, 0.6) is 0 Å². The minimum Gasteiger partial charge on any atom is -0.389 e. The maximum atomic E-state index is 11.9. The molecule has 0 amide bonds. The summed E-state index contributed by atoms with van der Waals surface area (Å²) in [6.07, 6.45) is 5.40. The summed E-state index contributed by atoms with van der Waals surface area (Å²) >= 11 is 1.78. The van der Waals surface area contributed by atoms with Gasteiger partial charge in [-0.1, -0.05) is 48.4 Å². The topological polar surface area (TPSA) is 63.4 Å². The molecule has 1 aromatic rings. The lowest BCUT2D eigenvalue weighted by atomic mass is 9.73. The van der Waals surface area contributed by atoms with Gasteiger partial charge in [0.25, 0.3) is 0 Å². The van der Waals surface area contributed by atoms with Crippen molar-refractivity contribution in [3.8, 4) is 0 Å². The van der Waals surface area contributed by atoms with E-state index >= 15 is 0 Å². The number of aliphatic hydroxyl groups excluding tert-OH is 1. The highest BCUT2D eigenvalue weighted by molar-refractivity contribution is 7.99. The second-order valence-corrected chi connectivity index (χ2v) is 8.53. The molecule has 0 unspecified atom stereocenters. The molecule has 1 aromatic carbocycles. The van der Waals surface area contributed by atoms with Crippen molar-refractivity contribution in [1.82, 2.24) is 0 Å². The average molecular weight is 376 g/mol. The number of allylic oxidation sites excluding steroid dienone is 1. The molecule has 0 saturated carbocycles. The van der Waals surface area contributed by atoms with Crippen molar-refractivity contribution in [3.63, 3.8) is 0 Å². The molecule has 26 heavy (non-hydrogen) atoms. The highest BCUT2D eigenvalue weighted by atomic mass is 32.2. The molecule has 5 heteroatoms. The predicted octanol–water partition coefficient (Wildman–Crippen LogP) is 5.26. The largest absolute Gasteiger partial charge is 0.389 e. The minimum absolute atomic E-state index is 0.107. The number of rotatable bonds is 8. The van der Waals surface area contributed by atoms with Gasteiger partial charge in [-0.2, -0.15) is 0 Å². The van der Waals surface area contributed by atoms with Gasteiger partial charge in [0.2, 0.25) is 5.54 Å². The molecule has 0 heterocycles. The molecule has 0 aromatic heterocycles.